The minimum atomic E-state index is -0.140. The van der Waals surface area contributed by atoms with Crippen LogP contribution in [0.25, 0.3) is 0 Å². The molecule has 27 heavy (non-hydrogen) atoms. The van der Waals surface area contributed by atoms with E-state index in [0.717, 1.165) is 32.1 Å². The zero-order valence-corrected chi connectivity index (χ0v) is 15.4. The number of rotatable bonds is 6. The Hall–Kier alpha value is -3.00. The molecule has 1 fully saturated rings. The molecule has 1 aromatic heterocycles. The first-order chi connectivity index (χ1) is 13.1. The lowest BCUT2D eigenvalue weighted by molar-refractivity contribution is -0.116. The Kier molecular flexibility index (Phi) is 6.32. The van der Waals surface area contributed by atoms with Crippen molar-refractivity contribution in [3.8, 4) is 0 Å². The molecule has 8 heteroatoms. The van der Waals surface area contributed by atoms with Crippen LogP contribution in [-0.2, 0) is 9.59 Å². The van der Waals surface area contributed by atoms with Crippen molar-refractivity contribution in [1.29, 1.82) is 0 Å². The summed E-state index contributed by atoms with van der Waals surface area (Å²) in [6.07, 6.45) is 3.92. The number of hydrogen-bond donors (Lipinski definition) is 2. The number of amides is 2. The SMILES string of the molecule is CC(=O)Nc1cccc(NC(=O)CCN2CCN(c3ncccn3)CC2)c1. The number of benzene rings is 1. The number of piperazine rings is 1. The standard InChI is InChI=1S/C19H24N6O2/c1-15(26)22-16-4-2-5-17(14-16)23-18(27)6-9-24-10-12-25(13-11-24)19-20-7-3-8-21-19/h2-5,7-8,14H,6,9-13H2,1H3,(H,22,26)(H,23,27). The molecule has 0 bridgehead atoms. The molecule has 1 saturated heterocycles. The highest BCUT2D eigenvalue weighted by Crippen LogP contribution is 2.15. The quantitative estimate of drug-likeness (QED) is 0.805. The van der Waals surface area contributed by atoms with E-state index in [9.17, 15) is 9.59 Å². The van der Waals surface area contributed by atoms with Gasteiger partial charge in [-0.15, -0.1) is 0 Å². The molecular weight excluding hydrogens is 344 g/mol. The highest BCUT2D eigenvalue weighted by Gasteiger charge is 2.19. The fourth-order valence-electron chi connectivity index (χ4n) is 2.99. The van der Waals surface area contributed by atoms with Crippen molar-refractivity contribution >= 4 is 29.1 Å². The number of anilines is 3. The van der Waals surface area contributed by atoms with Gasteiger partial charge in [-0.3, -0.25) is 14.5 Å². The molecule has 142 valence electrons. The molecule has 0 radical (unpaired) electrons. The van der Waals surface area contributed by atoms with Gasteiger partial charge < -0.3 is 15.5 Å². The number of aromatic nitrogens is 2. The van der Waals surface area contributed by atoms with Gasteiger partial charge in [-0.1, -0.05) is 6.07 Å². The molecule has 2 aromatic rings. The van der Waals surface area contributed by atoms with Gasteiger partial charge in [-0.05, 0) is 24.3 Å². The van der Waals surface area contributed by atoms with E-state index in [1.165, 1.54) is 6.92 Å². The number of carbonyl (C=O) groups excluding carboxylic acids is 2. The maximum Gasteiger partial charge on any atom is 0.225 e. The van der Waals surface area contributed by atoms with Crippen molar-refractivity contribution < 1.29 is 9.59 Å². The summed E-state index contributed by atoms with van der Waals surface area (Å²) in [6, 6.07) is 8.95. The Morgan fingerprint density at radius 2 is 1.67 bits per heavy atom. The lowest BCUT2D eigenvalue weighted by Crippen LogP contribution is -2.47. The van der Waals surface area contributed by atoms with Crippen LogP contribution < -0.4 is 15.5 Å². The van der Waals surface area contributed by atoms with Gasteiger partial charge in [0.15, 0.2) is 0 Å². The minimum absolute atomic E-state index is 0.0382. The van der Waals surface area contributed by atoms with Crippen molar-refractivity contribution in [2.24, 2.45) is 0 Å². The first-order valence-electron chi connectivity index (χ1n) is 9.02. The number of carbonyl (C=O) groups is 2. The third-order valence-corrected chi connectivity index (χ3v) is 4.33. The van der Waals surface area contributed by atoms with Gasteiger partial charge in [-0.2, -0.15) is 0 Å². The van der Waals surface area contributed by atoms with Gasteiger partial charge in [0.05, 0.1) is 0 Å². The Morgan fingerprint density at radius 3 is 2.33 bits per heavy atom. The first-order valence-corrected chi connectivity index (χ1v) is 9.02. The molecule has 1 aliphatic rings. The average Bonchev–Trinajstić information content (AvgIpc) is 2.67. The van der Waals surface area contributed by atoms with Crippen LogP contribution in [0, 0.1) is 0 Å². The molecule has 0 spiro atoms. The highest BCUT2D eigenvalue weighted by atomic mass is 16.2. The largest absolute Gasteiger partial charge is 0.338 e. The third kappa shape index (κ3) is 5.75. The second kappa shape index (κ2) is 9.09. The molecule has 2 heterocycles. The van der Waals surface area contributed by atoms with Crippen LogP contribution in [0.2, 0.25) is 0 Å². The molecule has 1 aromatic carbocycles. The van der Waals surface area contributed by atoms with Gasteiger partial charge >= 0.3 is 0 Å². The van der Waals surface area contributed by atoms with Crippen molar-refractivity contribution in [2.45, 2.75) is 13.3 Å². The molecule has 3 rings (SSSR count). The Morgan fingerprint density at radius 1 is 1.00 bits per heavy atom. The molecule has 0 unspecified atom stereocenters. The van der Waals surface area contributed by atoms with E-state index in [1.54, 1.807) is 30.6 Å². The van der Waals surface area contributed by atoms with Gasteiger partial charge in [-0.25, -0.2) is 9.97 Å². The van der Waals surface area contributed by atoms with Gasteiger partial charge in [0, 0.05) is 69.8 Å². The summed E-state index contributed by atoms with van der Waals surface area (Å²) in [5, 5.41) is 5.59. The predicted octanol–water partition coefficient (Wildman–Crippen LogP) is 1.59. The fraction of sp³-hybridized carbons (Fsp3) is 0.368. The highest BCUT2D eigenvalue weighted by molar-refractivity contribution is 5.93. The Balaban J connectivity index is 1.42. The smallest absolute Gasteiger partial charge is 0.225 e. The van der Waals surface area contributed by atoms with Crippen molar-refractivity contribution in [3.63, 3.8) is 0 Å². The zero-order chi connectivity index (χ0) is 19.1. The van der Waals surface area contributed by atoms with Gasteiger partial charge in [0.1, 0.15) is 0 Å². The maximum atomic E-state index is 12.2. The number of nitrogens with zero attached hydrogens (tertiary/aromatic N) is 4. The minimum Gasteiger partial charge on any atom is -0.338 e. The van der Waals surface area contributed by atoms with Crippen molar-refractivity contribution in [3.05, 3.63) is 42.7 Å². The van der Waals surface area contributed by atoms with E-state index < -0.39 is 0 Å². The zero-order valence-electron chi connectivity index (χ0n) is 15.4. The fourth-order valence-corrected chi connectivity index (χ4v) is 2.99. The molecule has 1 aliphatic heterocycles. The molecule has 8 nitrogen and oxygen atoms in total. The van der Waals surface area contributed by atoms with Crippen LogP contribution in [0.5, 0.6) is 0 Å². The topological polar surface area (TPSA) is 90.5 Å². The normalized spacial score (nSPS) is 14.6. The average molecular weight is 368 g/mol. The van der Waals surface area contributed by atoms with E-state index in [0.29, 0.717) is 24.3 Å². The van der Waals surface area contributed by atoms with Gasteiger partial charge in [0.25, 0.3) is 0 Å². The molecular formula is C19H24N6O2. The van der Waals surface area contributed by atoms with Crippen molar-refractivity contribution in [1.82, 2.24) is 14.9 Å². The summed E-state index contributed by atoms with van der Waals surface area (Å²) in [7, 11) is 0. The molecule has 2 amide bonds. The van der Waals surface area contributed by atoms with E-state index >= 15 is 0 Å². The molecule has 0 atom stereocenters. The molecule has 0 aliphatic carbocycles. The van der Waals surface area contributed by atoms with E-state index in [1.807, 2.05) is 12.1 Å². The Bertz CT molecular complexity index is 775. The predicted molar refractivity (Wildman–Crippen MR) is 105 cm³/mol. The van der Waals surface area contributed by atoms with Crippen LogP contribution in [0.4, 0.5) is 17.3 Å². The van der Waals surface area contributed by atoms with Crippen molar-refractivity contribution in [2.75, 3.05) is 48.3 Å². The monoisotopic (exact) mass is 368 g/mol. The summed E-state index contributed by atoms with van der Waals surface area (Å²) < 4.78 is 0. The van der Waals surface area contributed by atoms with Gasteiger partial charge in [0.2, 0.25) is 17.8 Å². The first kappa shape index (κ1) is 18.8. The van der Waals surface area contributed by atoms with E-state index in [-0.39, 0.29) is 11.8 Å². The number of hydrogen-bond acceptors (Lipinski definition) is 6. The Labute approximate surface area is 158 Å². The number of nitrogens with one attached hydrogen (secondary N) is 2. The summed E-state index contributed by atoms with van der Waals surface area (Å²) in [5.41, 5.74) is 1.34. The van der Waals surface area contributed by atoms with Crippen LogP contribution in [0.3, 0.4) is 0 Å². The summed E-state index contributed by atoms with van der Waals surface area (Å²) >= 11 is 0. The lowest BCUT2D eigenvalue weighted by atomic mass is 10.2. The third-order valence-electron chi connectivity index (χ3n) is 4.33. The second-order valence-corrected chi connectivity index (χ2v) is 6.44. The van der Waals surface area contributed by atoms with E-state index in [4.69, 9.17) is 0 Å². The van der Waals surface area contributed by atoms with Crippen LogP contribution in [0.15, 0.2) is 42.7 Å². The summed E-state index contributed by atoms with van der Waals surface area (Å²) in [4.78, 5) is 36.3. The second-order valence-electron chi connectivity index (χ2n) is 6.44. The summed E-state index contributed by atoms with van der Waals surface area (Å²) in [6.45, 7) is 5.62. The van der Waals surface area contributed by atoms with Crippen LogP contribution >= 0.6 is 0 Å². The summed E-state index contributed by atoms with van der Waals surface area (Å²) in [5.74, 6) is 0.580. The molecule has 2 N–H and O–H groups in total. The molecule has 0 saturated carbocycles. The van der Waals surface area contributed by atoms with Crippen LogP contribution in [0.1, 0.15) is 13.3 Å². The lowest BCUT2D eigenvalue weighted by Gasteiger charge is -2.34. The van der Waals surface area contributed by atoms with E-state index in [2.05, 4.69) is 30.4 Å². The maximum absolute atomic E-state index is 12.2. The van der Waals surface area contributed by atoms with Crippen LogP contribution in [-0.4, -0.2) is 59.4 Å².